The van der Waals surface area contributed by atoms with Crippen LogP contribution in [0.4, 0.5) is 5.82 Å². The molecule has 3 heterocycles. The van der Waals surface area contributed by atoms with Gasteiger partial charge in [-0.3, -0.25) is 9.51 Å². The number of anilines is 1. The number of H-pyrrole nitrogens is 1. The Morgan fingerprint density at radius 1 is 1.15 bits per heavy atom. The summed E-state index contributed by atoms with van der Waals surface area (Å²) in [6.45, 7) is 7.17. The third kappa shape index (κ3) is 4.05. The molecule has 0 radical (unpaired) electrons. The smallest absolute Gasteiger partial charge is 0.365 e. The molecule has 1 unspecified atom stereocenters. The van der Waals surface area contributed by atoms with Gasteiger partial charge in [0.25, 0.3) is 0 Å². The third-order valence-corrected chi connectivity index (χ3v) is 8.11. The lowest BCUT2D eigenvalue weighted by atomic mass is 9.80. The molecule has 0 bridgehead atoms. The van der Waals surface area contributed by atoms with Crippen molar-refractivity contribution in [2.75, 3.05) is 5.32 Å². The molecule has 6 rings (SSSR count). The van der Waals surface area contributed by atoms with E-state index in [1.165, 1.54) is 57.8 Å². The molecule has 1 atom stereocenters. The van der Waals surface area contributed by atoms with Gasteiger partial charge in [0.15, 0.2) is 11.5 Å². The van der Waals surface area contributed by atoms with Gasteiger partial charge < -0.3 is 9.88 Å². The molecule has 3 aliphatic carbocycles. The van der Waals surface area contributed by atoms with Crippen LogP contribution in [-0.2, 0) is 6.54 Å². The molecule has 9 nitrogen and oxygen atoms in total. The van der Waals surface area contributed by atoms with Gasteiger partial charge in [-0.25, -0.2) is 19.7 Å². The fraction of sp³-hybridized carbons (Fsp3) is 0.640. The molecule has 0 aromatic carbocycles. The molecule has 2 N–H and O–H groups in total. The molecule has 180 valence electrons. The minimum Gasteiger partial charge on any atom is -0.365 e. The van der Waals surface area contributed by atoms with Gasteiger partial charge in [-0.15, -0.1) is 6.58 Å². The Morgan fingerprint density at radius 3 is 2.56 bits per heavy atom. The molecule has 34 heavy (non-hydrogen) atoms. The van der Waals surface area contributed by atoms with Crippen LogP contribution in [0.3, 0.4) is 0 Å². The molecule has 3 aromatic rings. The number of nitrogens with one attached hydrogen (secondary N) is 2. The van der Waals surface area contributed by atoms with Gasteiger partial charge in [0, 0.05) is 18.5 Å². The first kappa shape index (κ1) is 21.6. The van der Waals surface area contributed by atoms with E-state index >= 15 is 0 Å². The van der Waals surface area contributed by atoms with Crippen LogP contribution in [0.5, 0.6) is 0 Å². The van der Waals surface area contributed by atoms with E-state index in [4.69, 9.17) is 19.5 Å². The summed E-state index contributed by atoms with van der Waals surface area (Å²) in [6, 6.07) is 0.298. The first-order chi connectivity index (χ1) is 16.6. The summed E-state index contributed by atoms with van der Waals surface area (Å²) in [7, 11) is 0. The van der Waals surface area contributed by atoms with Gasteiger partial charge in [-0.1, -0.05) is 17.7 Å². The van der Waals surface area contributed by atoms with Crippen LogP contribution >= 0.6 is 0 Å². The average Bonchev–Trinajstić information content (AvgIpc) is 3.45. The third-order valence-electron chi connectivity index (χ3n) is 8.11. The summed E-state index contributed by atoms with van der Waals surface area (Å²) in [4.78, 5) is 28.7. The fourth-order valence-electron chi connectivity index (χ4n) is 5.56. The van der Waals surface area contributed by atoms with E-state index in [0.29, 0.717) is 41.2 Å². The van der Waals surface area contributed by atoms with Crippen LogP contribution in [-0.4, -0.2) is 35.7 Å². The molecule has 3 fully saturated rings. The van der Waals surface area contributed by atoms with Gasteiger partial charge in [-0.2, -0.15) is 0 Å². The number of hydrogen-bond donors (Lipinski definition) is 2. The van der Waals surface area contributed by atoms with Gasteiger partial charge >= 0.3 is 5.76 Å². The number of aromatic nitrogens is 6. The van der Waals surface area contributed by atoms with E-state index < -0.39 is 5.76 Å². The Balaban J connectivity index is 1.42. The van der Waals surface area contributed by atoms with Crippen LogP contribution in [0.15, 0.2) is 22.0 Å². The lowest BCUT2D eigenvalue weighted by Gasteiger charge is -2.32. The fourth-order valence-corrected chi connectivity index (χ4v) is 5.56. The number of allylic oxidation sites excluding steroid dienone is 1. The van der Waals surface area contributed by atoms with E-state index in [9.17, 15) is 4.79 Å². The molecular formula is C25H33N7O2. The monoisotopic (exact) mass is 463 g/mol. The first-order valence-corrected chi connectivity index (χ1v) is 12.8. The maximum atomic E-state index is 11.6. The van der Waals surface area contributed by atoms with Crippen LogP contribution in [0.1, 0.15) is 76.5 Å². The van der Waals surface area contributed by atoms with E-state index in [1.54, 1.807) is 0 Å². The van der Waals surface area contributed by atoms with Crippen molar-refractivity contribution in [1.82, 2.24) is 29.7 Å². The van der Waals surface area contributed by atoms with Crippen molar-refractivity contribution in [3.05, 3.63) is 29.0 Å². The van der Waals surface area contributed by atoms with Gasteiger partial charge in [0.05, 0.1) is 0 Å². The zero-order chi connectivity index (χ0) is 23.2. The minimum absolute atomic E-state index is 0.233. The minimum atomic E-state index is -0.615. The molecule has 3 aromatic heterocycles. The summed E-state index contributed by atoms with van der Waals surface area (Å²) >= 11 is 0. The Kier molecular flexibility index (Phi) is 5.50. The van der Waals surface area contributed by atoms with Crippen molar-refractivity contribution in [3.63, 3.8) is 0 Å². The number of fused-ring (bicyclic) bond motifs is 1. The molecule has 3 aliphatic rings. The predicted molar refractivity (Wildman–Crippen MR) is 129 cm³/mol. The summed E-state index contributed by atoms with van der Waals surface area (Å²) in [5.74, 6) is 4.26. The Hall–Kier alpha value is -2.97. The molecule has 0 spiro atoms. The molecule has 9 heteroatoms. The summed E-state index contributed by atoms with van der Waals surface area (Å²) < 4.78 is 7.12. The SMILES string of the molecule is C=CC1CCC(Cn2c(C3CC3)nc3nc(-c4noc(=O)[nH]4)nc(NC(C)C4CCC4)c32)CC1. The zero-order valence-corrected chi connectivity index (χ0v) is 19.8. The highest BCUT2D eigenvalue weighted by atomic mass is 16.5. The average molecular weight is 464 g/mol. The number of aromatic amines is 1. The highest BCUT2D eigenvalue weighted by Gasteiger charge is 2.33. The first-order valence-electron chi connectivity index (χ1n) is 12.8. The molecule has 0 saturated heterocycles. The highest BCUT2D eigenvalue weighted by molar-refractivity contribution is 5.86. The lowest BCUT2D eigenvalue weighted by Crippen LogP contribution is -2.31. The van der Waals surface area contributed by atoms with Crippen molar-refractivity contribution < 1.29 is 4.52 Å². The maximum Gasteiger partial charge on any atom is 0.439 e. The van der Waals surface area contributed by atoms with E-state index in [-0.39, 0.29) is 5.82 Å². The highest BCUT2D eigenvalue weighted by Crippen LogP contribution is 2.43. The second kappa shape index (κ2) is 8.67. The maximum absolute atomic E-state index is 11.6. The number of imidazole rings is 1. The van der Waals surface area contributed by atoms with Gasteiger partial charge in [0.2, 0.25) is 11.6 Å². The Labute approximate surface area is 198 Å². The Bertz CT molecular complexity index is 1240. The van der Waals surface area contributed by atoms with Gasteiger partial charge in [0.1, 0.15) is 11.3 Å². The second-order valence-electron chi connectivity index (χ2n) is 10.5. The second-order valence-corrected chi connectivity index (χ2v) is 10.5. The van der Waals surface area contributed by atoms with Crippen LogP contribution in [0.2, 0.25) is 0 Å². The standard InChI is InChI=1S/C25H33N7O2/c1-3-15-7-9-16(10-8-15)13-32-19-20(26-14(2)17-5-4-6-17)27-22(23-30-25(33)34-31-23)28-21(19)29-24(32)18-11-12-18/h3,14-18H,1,4-13H2,2H3,(H,26,27,28)(H,30,31,33). The molecule has 3 saturated carbocycles. The van der Waals surface area contributed by atoms with E-state index in [1.807, 2.05) is 0 Å². The summed E-state index contributed by atoms with van der Waals surface area (Å²) in [6.07, 6.45) is 13.1. The Morgan fingerprint density at radius 2 is 1.94 bits per heavy atom. The summed E-state index contributed by atoms with van der Waals surface area (Å²) in [5, 5.41) is 7.52. The quantitative estimate of drug-likeness (QED) is 0.468. The van der Waals surface area contributed by atoms with Crippen molar-refractivity contribution >= 4 is 17.0 Å². The van der Waals surface area contributed by atoms with Crippen molar-refractivity contribution in [1.29, 1.82) is 0 Å². The van der Waals surface area contributed by atoms with E-state index in [2.05, 4.69) is 39.6 Å². The number of rotatable bonds is 8. The number of nitrogens with zero attached hydrogens (tertiary/aromatic N) is 5. The normalized spacial score (nSPS) is 24.1. The van der Waals surface area contributed by atoms with Crippen LogP contribution in [0.25, 0.3) is 22.8 Å². The van der Waals surface area contributed by atoms with Crippen molar-refractivity contribution in [2.45, 2.75) is 83.2 Å². The van der Waals surface area contributed by atoms with Crippen LogP contribution in [0, 0.1) is 17.8 Å². The summed E-state index contributed by atoms with van der Waals surface area (Å²) in [5.41, 5.74) is 1.65. The largest absolute Gasteiger partial charge is 0.439 e. The van der Waals surface area contributed by atoms with Gasteiger partial charge in [-0.05, 0) is 76.0 Å². The molecule has 0 amide bonds. The van der Waals surface area contributed by atoms with Crippen LogP contribution < -0.4 is 11.1 Å². The zero-order valence-electron chi connectivity index (χ0n) is 19.8. The predicted octanol–water partition coefficient (Wildman–Crippen LogP) is 4.64. The van der Waals surface area contributed by atoms with Crippen molar-refractivity contribution in [3.8, 4) is 11.6 Å². The van der Waals surface area contributed by atoms with Crippen molar-refractivity contribution in [2.24, 2.45) is 17.8 Å². The topological polar surface area (TPSA) is 115 Å². The number of hydrogen-bond acceptors (Lipinski definition) is 7. The van der Waals surface area contributed by atoms with E-state index in [0.717, 1.165) is 23.7 Å². The molecular weight excluding hydrogens is 430 g/mol. The lowest BCUT2D eigenvalue weighted by molar-refractivity contribution is 0.281. The molecule has 0 aliphatic heterocycles.